The Morgan fingerprint density at radius 2 is 1.94 bits per heavy atom. The summed E-state index contributed by atoms with van der Waals surface area (Å²) in [6.07, 6.45) is 5.11. The van der Waals surface area contributed by atoms with Gasteiger partial charge in [-0.1, -0.05) is 0 Å². The standard InChI is InChI=1S/C26H38N6O4/c1-19-27-25(29-28-19)16-26(33)32-10-9-31(18-21(32)17-30-11-13-35-14-12-30)20-7-8-23(34-2)24(15-20)36-22-5-3-4-6-22/h7-8,15,21-22H,3-6,9-14,16-18H2,1-2H3,(H,27,28,29). The van der Waals surface area contributed by atoms with Crippen LogP contribution in [0.3, 0.4) is 0 Å². The van der Waals surface area contributed by atoms with E-state index in [2.05, 4.69) is 37.1 Å². The van der Waals surface area contributed by atoms with Crippen molar-refractivity contribution in [3.63, 3.8) is 0 Å². The average molecular weight is 499 g/mol. The van der Waals surface area contributed by atoms with Crippen LogP contribution in [0.5, 0.6) is 11.5 Å². The highest BCUT2D eigenvalue weighted by molar-refractivity contribution is 5.78. The summed E-state index contributed by atoms with van der Waals surface area (Å²) in [6.45, 7) is 8.09. The first kappa shape index (κ1) is 24.8. The van der Waals surface area contributed by atoms with Crippen LogP contribution in [0, 0.1) is 6.92 Å². The number of methoxy groups -OCH3 is 1. The number of aromatic nitrogens is 3. The lowest BCUT2D eigenvalue weighted by Crippen LogP contribution is -2.60. The summed E-state index contributed by atoms with van der Waals surface area (Å²) < 4.78 is 17.5. The van der Waals surface area contributed by atoms with E-state index in [9.17, 15) is 4.79 Å². The topological polar surface area (TPSA) is 96.0 Å². The molecule has 10 heteroatoms. The quantitative estimate of drug-likeness (QED) is 0.591. The zero-order chi connectivity index (χ0) is 24.9. The number of hydrogen-bond acceptors (Lipinski definition) is 8. The zero-order valence-electron chi connectivity index (χ0n) is 21.4. The number of ether oxygens (including phenoxy) is 3. The minimum absolute atomic E-state index is 0.0608. The Morgan fingerprint density at radius 1 is 1.14 bits per heavy atom. The number of piperazine rings is 1. The van der Waals surface area contributed by atoms with Gasteiger partial charge in [0.1, 0.15) is 5.82 Å². The molecule has 1 saturated carbocycles. The number of amides is 1. The van der Waals surface area contributed by atoms with Gasteiger partial charge < -0.3 is 24.0 Å². The highest BCUT2D eigenvalue weighted by Gasteiger charge is 2.33. The molecule has 36 heavy (non-hydrogen) atoms. The second-order valence-corrected chi connectivity index (χ2v) is 9.97. The molecule has 0 radical (unpaired) electrons. The van der Waals surface area contributed by atoms with E-state index >= 15 is 0 Å². The lowest BCUT2D eigenvalue weighted by atomic mass is 10.1. The van der Waals surface area contributed by atoms with Crippen molar-refractivity contribution >= 4 is 11.6 Å². The van der Waals surface area contributed by atoms with Crippen LogP contribution in [-0.2, 0) is 16.0 Å². The van der Waals surface area contributed by atoms with E-state index in [0.717, 1.165) is 81.8 Å². The first-order valence-corrected chi connectivity index (χ1v) is 13.2. The van der Waals surface area contributed by atoms with E-state index in [1.807, 2.05) is 17.9 Å². The molecule has 1 atom stereocenters. The molecule has 0 bridgehead atoms. The van der Waals surface area contributed by atoms with E-state index in [0.29, 0.717) is 12.4 Å². The molecule has 5 rings (SSSR count). The summed E-state index contributed by atoms with van der Waals surface area (Å²) >= 11 is 0. The Hall–Kier alpha value is -2.85. The van der Waals surface area contributed by atoms with Crippen molar-refractivity contribution in [2.24, 2.45) is 0 Å². The van der Waals surface area contributed by atoms with E-state index < -0.39 is 0 Å². The number of carbonyl (C=O) groups excluding carboxylic acids is 1. The van der Waals surface area contributed by atoms with Crippen molar-refractivity contribution in [1.82, 2.24) is 25.0 Å². The fourth-order valence-corrected chi connectivity index (χ4v) is 5.50. The summed E-state index contributed by atoms with van der Waals surface area (Å²) in [7, 11) is 1.69. The van der Waals surface area contributed by atoms with E-state index in [-0.39, 0.29) is 24.5 Å². The predicted molar refractivity (Wildman–Crippen MR) is 136 cm³/mol. The first-order valence-electron chi connectivity index (χ1n) is 13.2. The third kappa shape index (κ3) is 5.92. The highest BCUT2D eigenvalue weighted by Crippen LogP contribution is 2.35. The van der Waals surface area contributed by atoms with Gasteiger partial charge in [0.2, 0.25) is 5.91 Å². The molecular formula is C26H38N6O4. The van der Waals surface area contributed by atoms with Gasteiger partial charge in [0.15, 0.2) is 17.3 Å². The first-order chi connectivity index (χ1) is 17.6. The number of nitrogens with zero attached hydrogens (tertiary/aromatic N) is 5. The third-order valence-electron chi connectivity index (χ3n) is 7.44. The van der Waals surface area contributed by atoms with Crippen molar-refractivity contribution < 1.29 is 19.0 Å². The molecule has 2 saturated heterocycles. The number of nitrogens with one attached hydrogen (secondary N) is 1. The molecule has 2 aromatic rings. The number of anilines is 1. The maximum Gasteiger partial charge on any atom is 0.230 e. The van der Waals surface area contributed by atoms with E-state index in [4.69, 9.17) is 14.2 Å². The molecule has 1 aromatic heterocycles. The number of aryl methyl sites for hydroxylation is 1. The van der Waals surface area contributed by atoms with Crippen molar-refractivity contribution in [1.29, 1.82) is 0 Å². The van der Waals surface area contributed by atoms with Gasteiger partial charge in [0.25, 0.3) is 0 Å². The molecule has 1 aromatic carbocycles. The van der Waals surface area contributed by atoms with Crippen molar-refractivity contribution in [3.8, 4) is 11.5 Å². The number of morpholine rings is 1. The number of hydrogen-bond donors (Lipinski definition) is 1. The zero-order valence-corrected chi connectivity index (χ0v) is 21.4. The minimum atomic E-state index is 0.0608. The van der Waals surface area contributed by atoms with Crippen LogP contribution >= 0.6 is 0 Å². The van der Waals surface area contributed by atoms with Crippen LogP contribution in [0.15, 0.2) is 18.2 Å². The van der Waals surface area contributed by atoms with Crippen LogP contribution in [-0.4, -0.2) is 103 Å². The Labute approximate surface area is 212 Å². The van der Waals surface area contributed by atoms with Gasteiger partial charge in [0, 0.05) is 51.0 Å². The maximum atomic E-state index is 13.3. The molecule has 10 nitrogen and oxygen atoms in total. The lowest BCUT2D eigenvalue weighted by molar-refractivity contribution is -0.134. The molecule has 1 amide bonds. The smallest absolute Gasteiger partial charge is 0.230 e. The van der Waals surface area contributed by atoms with Crippen molar-refractivity contribution in [3.05, 3.63) is 29.8 Å². The molecule has 3 aliphatic rings. The second kappa shape index (κ2) is 11.5. The van der Waals surface area contributed by atoms with Crippen LogP contribution in [0.4, 0.5) is 5.69 Å². The van der Waals surface area contributed by atoms with Crippen molar-refractivity contribution in [2.45, 2.75) is 51.2 Å². The van der Waals surface area contributed by atoms with Gasteiger partial charge >= 0.3 is 0 Å². The number of rotatable bonds is 8. The van der Waals surface area contributed by atoms with Crippen LogP contribution in [0.1, 0.15) is 37.3 Å². The molecule has 3 fully saturated rings. The predicted octanol–water partition coefficient (Wildman–Crippen LogP) is 2.04. The van der Waals surface area contributed by atoms with Gasteiger partial charge in [-0.05, 0) is 44.7 Å². The Balaban J connectivity index is 1.32. The Morgan fingerprint density at radius 3 is 2.67 bits per heavy atom. The molecule has 2 aliphatic heterocycles. The molecule has 1 N–H and O–H groups in total. The monoisotopic (exact) mass is 498 g/mol. The average Bonchev–Trinajstić information content (AvgIpc) is 3.56. The highest BCUT2D eigenvalue weighted by atomic mass is 16.5. The maximum absolute atomic E-state index is 13.3. The molecule has 0 spiro atoms. The fourth-order valence-electron chi connectivity index (χ4n) is 5.50. The number of H-pyrrole nitrogens is 1. The molecular weight excluding hydrogens is 460 g/mol. The van der Waals surface area contributed by atoms with Gasteiger partial charge in [-0.3, -0.25) is 14.8 Å². The minimum Gasteiger partial charge on any atom is -0.493 e. The summed E-state index contributed by atoms with van der Waals surface area (Å²) in [6, 6.07) is 6.27. The Bertz CT molecular complexity index is 1020. The summed E-state index contributed by atoms with van der Waals surface area (Å²) in [5.74, 6) is 2.93. The normalized spacial score (nSPS) is 21.7. The number of aromatic amines is 1. The van der Waals surface area contributed by atoms with Crippen molar-refractivity contribution in [2.75, 3.05) is 64.5 Å². The van der Waals surface area contributed by atoms with Gasteiger partial charge in [-0.15, -0.1) is 0 Å². The molecule has 1 unspecified atom stereocenters. The van der Waals surface area contributed by atoms with Gasteiger partial charge in [-0.2, -0.15) is 5.10 Å². The molecule has 3 heterocycles. The van der Waals surface area contributed by atoms with Crippen LogP contribution < -0.4 is 14.4 Å². The Kier molecular flexibility index (Phi) is 7.91. The molecule has 196 valence electrons. The van der Waals surface area contributed by atoms with Crippen LogP contribution in [0.2, 0.25) is 0 Å². The number of carbonyl (C=O) groups is 1. The SMILES string of the molecule is COc1ccc(N2CCN(C(=O)Cc3n[nH]c(C)n3)C(CN3CCOCC3)C2)cc1OC1CCCC1. The summed E-state index contributed by atoms with van der Waals surface area (Å²) in [5.41, 5.74) is 1.10. The lowest BCUT2D eigenvalue weighted by Gasteiger charge is -2.44. The third-order valence-corrected chi connectivity index (χ3v) is 7.44. The second-order valence-electron chi connectivity index (χ2n) is 9.97. The number of benzene rings is 1. The van der Waals surface area contributed by atoms with Gasteiger partial charge in [-0.25, -0.2) is 4.98 Å². The van der Waals surface area contributed by atoms with Crippen LogP contribution in [0.25, 0.3) is 0 Å². The van der Waals surface area contributed by atoms with E-state index in [1.165, 1.54) is 12.8 Å². The summed E-state index contributed by atoms with van der Waals surface area (Å²) in [5, 5.41) is 7.01. The fraction of sp³-hybridized carbons (Fsp3) is 0.654. The largest absolute Gasteiger partial charge is 0.493 e. The summed E-state index contributed by atoms with van der Waals surface area (Å²) in [4.78, 5) is 24.5. The molecule has 1 aliphatic carbocycles. The van der Waals surface area contributed by atoms with E-state index in [1.54, 1.807) is 7.11 Å². The van der Waals surface area contributed by atoms with Gasteiger partial charge in [0.05, 0.1) is 38.9 Å².